The molecule has 0 aliphatic carbocycles. The van der Waals surface area contributed by atoms with Crippen molar-refractivity contribution >= 4 is 35.1 Å². The number of carbonyl (C=O) groups is 2. The van der Waals surface area contributed by atoms with Crippen LogP contribution in [0.1, 0.15) is 20.7 Å². The van der Waals surface area contributed by atoms with Crippen LogP contribution in [0.25, 0.3) is 0 Å². The highest BCUT2D eigenvalue weighted by atomic mass is 35.5. The van der Waals surface area contributed by atoms with Crippen LogP contribution in [-0.2, 0) is 4.74 Å². The minimum Gasteiger partial charge on any atom is -0.545 e. The van der Waals surface area contributed by atoms with Gasteiger partial charge in [-0.25, -0.2) is 0 Å². The lowest BCUT2D eigenvalue weighted by atomic mass is 10.1. The Balaban J connectivity index is 2.39. The highest BCUT2D eigenvalue weighted by Gasteiger charge is 2.22. The van der Waals surface area contributed by atoms with E-state index < -0.39 is 11.9 Å². The molecule has 7 heteroatoms. The molecule has 0 unspecified atom stereocenters. The van der Waals surface area contributed by atoms with Crippen LogP contribution in [0.3, 0.4) is 0 Å². The van der Waals surface area contributed by atoms with Crippen molar-refractivity contribution in [3.05, 3.63) is 33.3 Å². The smallest absolute Gasteiger partial charge is 0.254 e. The number of amides is 1. The molecular weight excluding hydrogens is 293 g/mol. The van der Waals surface area contributed by atoms with Crippen LogP contribution in [0.15, 0.2) is 12.1 Å². The average molecular weight is 303 g/mol. The first-order chi connectivity index (χ1) is 9.00. The Labute approximate surface area is 119 Å². The van der Waals surface area contributed by atoms with Crippen LogP contribution >= 0.6 is 23.2 Å². The topological polar surface area (TPSA) is 69.7 Å². The summed E-state index contributed by atoms with van der Waals surface area (Å²) in [6.45, 7) is 1.67. The highest BCUT2D eigenvalue weighted by molar-refractivity contribution is 6.42. The highest BCUT2D eigenvalue weighted by Crippen LogP contribution is 2.26. The van der Waals surface area contributed by atoms with E-state index in [0.717, 1.165) is 6.07 Å². The third kappa shape index (κ3) is 3.00. The first kappa shape index (κ1) is 14.1. The molecule has 0 spiro atoms. The van der Waals surface area contributed by atoms with Gasteiger partial charge < -0.3 is 19.5 Å². The average Bonchev–Trinajstić information content (AvgIpc) is 2.41. The monoisotopic (exact) mass is 302 g/mol. The standard InChI is InChI=1S/C12H11Cl2NO4/c13-9-5-7(8(12(17)18)6-10(9)14)11(16)15-1-3-19-4-2-15/h5-6H,1-4H2,(H,17,18)/p-1. The Morgan fingerprint density at radius 1 is 1.11 bits per heavy atom. The van der Waals surface area contributed by atoms with Crippen molar-refractivity contribution < 1.29 is 19.4 Å². The molecule has 0 bridgehead atoms. The maximum Gasteiger partial charge on any atom is 0.254 e. The van der Waals surface area contributed by atoms with E-state index in [1.54, 1.807) is 0 Å². The second-order valence-corrected chi connectivity index (χ2v) is 4.82. The van der Waals surface area contributed by atoms with E-state index in [2.05, 4.69) is 0 Å². The largest absolute Gasteiger partial charge is 0.545 e. The van der Waals surface area contributed by atoms with Gasteiger partial charge >= 0.3 is 0 Å². The van der Waals surface area contributed by atoms with Crippen molar-refractivity contribution in [2.75, 3.05) is 26.3 Å². The van der Waals surface area contributed by atoms with Gasteiger partial charge in [-0.1, -0.05) is 23.2 Å². The van der Waals surface area contributed by atoms with Gasteiger partial charge in [0.25, 0.3) is 5.91 Å². The van der Waals surface area contributed by atoms with Crippen molar-refractivity contribution in [3.8, 4) is 0 Å². The fourth-order valence-electron chi connectivity index (χ4n) is 1.83. The van der Waals surface area contributed by atoms with Gasteiger partial charge in [0.1, 0.15) is 0 Å². The summed E-state index contributed by atoms with van der Waals surface area (Å²) in [5.74, 6) is -1.88. The number of carbonyl (C=O) groups excluding carboxylic acids is 2. The molecule has 19 heavy (non-hydrogen) atoms. The Kier molecular flexibility index (Phi) is 4.29. The fraction of sp³-hybridized carbons (Fsp3) is 0.333. The molecule has 1 aromatic carbocycles. The predicted molar refractivity (Wildman–Crippen MR) is 67.5 cm³/mol. The maximum absolute atomic E-state index is 12.3. The molecule has 5 nitrogen and oxygen atoms in total. The summed E-state index contributed by atoms with van der Waals surface area (Å²) < 4.78 is 5.14. The summed E-state index contributed by atoms with van der Waals surface area (Å²) in [5, 5.41) is 11.3. The number of rotatable bonds is 2. The zero-order valence-electron chi connectivity index (χ0n) is 9.82. The molecule has 1 heterocycles. The van der Waals surface area contributed by atoms with E-state index in [1.165, 1.54) is 11.0 Å². The van der Waals surface area contributed by atoms with Crippen LogP contribution in [0.2, 0.25) is 10.0 Å². The van der Waals surface area contributed by atoms with Crippen molar-refractivity contribution in [2.45, 2.75) is 0 Å². The van der Waals surface area contributed by atoms with E-state index in [9.17, 15) is 14.7 Å². The van der Waals surface area contributed by atoms with Gasteiger partial charge in [-0.05, 0) is 12.1 Å². The van der Waals surface area contributed by atoms with E-state index in [0.29, 0.717) is 26.3 Å². The zero-order valence-corrected chi connectivity index (χ0v) is 11.3. The number of aromatic carboxylic acids is 1. The second kappa shape index (κ2) is 5.77. The Morgan fingerprint density at radius 3 is 2.16 bits per heavy atom. The normalized spacial score (nSPS) is 15.4. The molecule has 1 aliphatic rings. The molecule has 0 aromatic heterocycles. The van der Waals surface area contributed by atoms with Crippen molar-refractivity contribution in [1.82, 2.24) is 4.90 Å². The zero-order chi connectivity index (χ0) is 14.0. The first-order valence-electron chi connectivity index (χ1n) is 5.58. The third-order valence-electron chi connectivity index (χ3n) is 2.81. The number of ether oxygens (including phenoxy) is 1. The molecule has 0 saturated carbocycles. The van der Waals surface area contributed by atoms with Gasteiger partial charge in [0.2, 0.25) is 0 Å². The van der Waals surface area contributed by atoms with Gasteiger partial charge in [0, 0.05) is 18.7 Å². The van der Waals surface area contributed by atoms with Crippen molar-refractivity contribution in [2.24, 2.45) is 0 Å². The van der Waals surface area contributed by atoms with Gasteiger partial charge in [-0.2, -0.15) is 0 Å². The van der Waals surface area contributed by atoms with Crippen molar-refractivity contribution in [3.63, 3.8) is 0 Å². The molecular formula is C12H10Cl2NO4-. The van der Waals surface area contributed by atoms with Crippen LogP contribution in [0.5, 0.6) is 0 Å². The quantitative estimate of drug-likeness (QED) is 0.811. The van der Waals surface area contributed by atoms with Gasteiger partial charge in [-0.3, -0.25) is 4.79 Å². The minimum absolute atomic E-state index is 0.0173. The summed E-state index contributed by atoms with van der Waals surface area (Å²) in [6.07, 6.45) is 0. The summed E-state index contributed by atoms with van der Waals surface area (Å²) in [7, 11) is 0. The maximum atomic E-state index is 12.3. The number of hydrogen-bond acceptors (Lipinski definition) is 4. The number of halogens is 2. The van der Waals surface area contributed by atoms with Crippen LogP contribution in [0, 0.1) is 0 Å². The number of benzene rings is 1. The van der Waals surface area contributed by atoms with Gasteiger partial charge in [0.15, 0.2) is 0 Å². The first-order valence-corrected chi connectivity index (χ1v) is 6.33. The molecule has 2 rings (SSSR count). The van der Waals surface area contributed by atoms with E-state index in [1.807, 2.05) is 0 Å². The van der Waals surface area contributed by atoms with Crippen molar-refractivity contribution in [1.29, 1.82) is 0 Å². The SMILES string of the molecule is O=C([O-])c1cc(Cl)c(Cl)cc1C(=O)N1CCOCC1. The van der Waals surface area contributed by atoms with E-state index in [-0.39, 0.29) is 21.2 Å². The number of hydrogen-bond donors (Lipinski definition) is 0. The predicted octanol–water partition coefficient (Wildman–Crippen LogP) is 0.829. The fourth-order valence-corrected chi connectivity index (χ4v) is 2.16. The number of carboxylic acid groups (broad SMARTS) is 1. The number of carboxylic acids is 1. The third-order valence-corrected chi connectivity index (χ3v) is 3.53. The molecule has 1 fully saturated rings. The lowest BCUT2D eigenvalue weighted by Crippen LogP contribution is -2.41. The van der Waals surface area contributed by atoms with Crippen LogP contribution in [0.4, 0.5) is 0 Å². The van der Waals surface area contributed by atoms with Crippen LogP contribution in [-0.4, -0.2) is 43.1 Å². The van der Waals surface area contributed by atoms with Gasteiger partial charge in [-0.15, -0.1) is 0 Å². The Morgan fingerprint density at radius 2 is 1.63 bits per heavy atom. The molecule has 0 atom stereocenters. The Bertz CT molecular complexity index is 527. The summed E-state index contributed by atoms with van der Waals surface area (Å²) in [4.78, 5) is 24.8. The molecule has 0 radical (unpaired) electrons. The molecule has 1 aliphatic heterocycles. The molecule has 0 N–H and O–H groups in total. The lowest BCUT2D eigenvalue weighted by Gasteiger charge is -2.27. The van der Waals surface area contributed by atoms with Gasteiger partial charge in [0.05, 0.1) is 34.8 Å². The summed E-state index contributed by atoms with van der Waals surface area (Å²) >= 11 is 11.6. The van der Waals surface area contributed by atoms with E-state index >= 15 is 0 Å². The Hall–Kier alpha value is -1.30. The number of morpholine rings is 1. The molecule has 1 aromatic rings. The second-order valence-electron chi connectivity index (χ2n) is 4.00. The minimum atomic E-state index is -1.46. The number of nitrogens with zero attached hydrogens (tertiary/aromatic N) is 1. The summed E-state index contributed by atoms with van der Waals surface area (Å²) in [6, 6.07) is 2.39. The summed E-state index contributed by atoms with van der Waals surface area (Å²) in [5.41, 5.74) is -0.276. The molecule has 102 valence electrons. The molecule has 1 amide bonds. The van der Waals surface area contributed by atoms with Crippen LogP contribution < -0.4 is 5.11 Å². The molecule has 1 saturated heterocycles. The lowest BCUT2D eigenvalue weighted by molar-refractivity contribution is -0.255. The van der Waals surface area contributed by atoms with E-state index in [4.69, 9.17) is 27.9 Å².